The Morgan fingerprint density at radius 2 is 1.96 bits per heavy atom. The molecule has 0 atom stereocenters. The number of hydrogen-bond donors (Lipinski definition) is 1. The highest BCUT2D eigenvalue weighted by molar-refractivity contribution is 6.30. The van der Waals surface area contributed by atoms with Crippen LogP contribution in [0.4, 0.5) is 0 Å². The summed E-state index contributed by atoms with van der Waals surface area (Å²) >= 11 is 5.84. The van der Waals surface area contributed by atoms with E-state index in [2.05, 4.69) is 20.5 Å². The number of amides is 1. The Balaban J connectivity index is 1.48. The molecule has 0 unspecified atom stereocenters. The van der Waals surface area contributed by atoms with Gasteiger partial charge in [0.1, 0.15) is 12.1 Å². The zero-order valence-electron chi connectivity index (χ0n) is 12.8. The SMILES string of the molecule is O=C(Cc1nnc(-c2ccccn2)o1)NCCc1ccc(Cl)cc1. The molecule has 7 heteroatoms. The summed E-state index contributed by atoms with van der Waals surface area (Å²) in [7, 11) is 0. The second-order valence-electron chi connectivity index (χ2n) is 5.12. The molecule has 2 heterocycles. The molecule has 1 amide bonds. The molecule has 0 saturated carbocycles. The van der Waals surface area contributed by atoms with Crippen LogP contribution in [0.3, 0.4) is 0 Å². The molecule has 1 aromatic carbocycles. The van der Waals surface area contributed by atoms with Crippen LogP contribution in [-0.4, -0.2) is 27.6 Å². The number of carbonyl (C=O) groups is 1. The van der Waals surface area contributed by atoms with E-state index in [0.717, 1.165) is 12.0 Å². The van der Waals surface area contributed by atoms with Crippen LogP contribution in [-0.2, 0) is 17.6 Å². The Labute approximate surface area is 143 Å². The molecule has 0 fully saturated rings. The highest BCUT2D eigenvalue weighted by Crippen LogP contribution is 2.14. The fourth-order valence-corrected chi connectivity index (χ4v) is 2.24. The molecule has 0 bridgehead atoms. The van der Waals surface area contributed by atoms with Crippen molar-refractivity contribution in [3.05, 3.63) is 65.1 Å². The highest BCUT2D eigenvalue weighted by atomic mass is 35.5. The first-order valence-corrected chi connectivity index (χ1v) is 7.83. The highest BCUT2D eigenvalue weighted by Gasteiger charge is 2.12. The number of halogens is 1. The van der Waals surface area contributed by atoms with E-state index in [0.29, 0.717) is 23.2 Å². The van der Waals surface area contributed by atoms with Gasteiger partial charge in [0.25, 0.3) is 5.89 Å². The van der Waals surface area contributed by atoms with Gasteiger partial charge in [0.15, 0.2) is 0 Å². The molecular formula is C17H15ClN4O2. The van der Waals surface area contributed by atoms with E-state index >= 15 is 0 Å². The van der Waals surface area contributed by atoms with Crippen molar-refractivity contribution in [1.82, 2.24) is 20.5 Å². The van der Waals surface area contributed by atoms with Crippen LogP contribution in [0.2, 0.25) is 5.02 Å². The molecule has 3 rings (SSSR count). The van der Waals surface area contributed by atoms with E-state index in [-0.39, 0.29) is 18.2 Å². The summed E-state index contributed by atoms with van der Waals surface area (Å²) in [6, 6.07) is 12.9. The van der Waals surface area contributed by atoms with Crippen molar-refractivity contribution in [2.75, 3.05) is 6.54 Å². The van der Waals surface area contributed by atoms with Gasteiger partial charge >= 0.3 is 0 Å². The van der Waals surface area contributed by atoms with Gasteiger partial charge in [-0.1, -0.05) is 29.8 Å². The van der Waals surface area contributed by atoms with E-state index < -0.39 is 0 Å². The van der Waals surface area contributed by atoms with Gasteiger partial charge in [-0.05, 0) is 36.2 Å². The number of hydrogen-bond acceptors (Lipinski definition) is 5. The molecule has 0 radical (unpaired) electrons. The van der Waals surface area contributed by atoms with E-state index in [9.17, 15) is 4.79 Å². The van der Waals surface area contributed by atoms with Crippen LogP contribution in [0.5, 0.6) is 0 Å². The Morgan fingerprint density at radius 3 is 2.71 bits per heavy atom. The van der Waals surface area contributed by atoms with Crippen molar-refractivity contribution < 1.29 is 9.21 Å². The van der Waals surface area contributed by atoms with Crippen molar-refractivity contribution in [2.24, 2.45) is 0 Å². The topological polar surface area (TPSA) is 80.9 Å². The first-order chi connectivity index (χ1) is 11.7. The number of rotatable bonds is 6. The van der Waals surface area contributed by atoms with Gasteiger partial charge in [-0.2, -0.15) is 0 Å². The van der Waals surface area contributed by atoms with Gasteiger partial charge < -0.3 is 9.73 Å². The Hall–Kier alpha value is -2.73. The molecule has 24 heavy (non-hydrogen) atoms. The standard InChI is InChI=1S/C17H15ClN4O2/c18-13-6-4-12(5-7-13)8-10-20-15(23)11-16-21-22-17(24-16)14-3-1-2-9-19-14/h1-7,9H,8,10-11H2,(H,20,23). The minimum atomic E-state index is -0.166. The van der Waals surface area contributed by atoms with Gasteiger partial charge in [0, 0.05) is 17.8 Å². The van der Waals surface area contributed by atoms with Gasteiger partial charge in [0.2, 0.25) is 11.8 Å². The number of aromatic nitrogens is 3. The second kappa shape index (κ2) is 7.70. The number of benzene rings is 1. The molecule has 122 valence electrons. The van der Waals surface area contributed by atoms with Gasteiger partial charge in [-0.25, -0.2) is 0 Å². The maximum absolute atomic E-state index is 11.9. The van der Waals surface area contributed by atoms with E-state index in [1.807, 2.05) is 30.3 Å². The third-order valence-electron chi connectivity index (χ3n) is 3.31. The maximum Gasteiger partial charge on any atom is 0.266 e. The predicted molar refractivity (Wildman–Crippen MR) is 89.4 cm³/mol. The number of carbonyl (C=O) groups excluding carboxylic acids is 1. The fourth-order valence-electron chi connectivity index (χ4n) is 2.11. The molecule has 6 nitrogen and oxygen atoms in total. The van der Waals surface area contributed by atoms with Gasteiger partial charge in [0.05, 0.1) is 0 Å². The summed E-state index contributed by atoms with van der Waals surface area (Å²) < 4.78 is 5.46. The molecule has 0 saturated heterocycles. The summed E-state index contributed by atoms with van der Waals surface area (Å²) in [4.78, 5) is 16.1. The Bertz CT molecular complexity index is 803. The van der Waals surface area contributed by atoms with Crippen molar-refractivity contribution in [1.29, 1.82) is 0 Å². The lowest BCUT2D eigenvalue weighted by atomic mass is 10.1. The third-order valence-corrected chi connectivity index (χ3v) is 3.56. The van der Waals surface area contributed by atoms with Gasteiger partial charge in [-0.3, -0.25) is 9.78 Å². The third kappa shape index (κ3) is 4.39. The van der Waals surface area contributed by atoms with Crippen molar-refractivity contribution in [2.45, 2.75) is 12.8 Å². The zero-order chi connectivity index (χ0) is 16.8. The molecule has 3 aromatic rings. The minimum absolute atomic E-state index is 0.0421. The quantitative estimate of drug-likeness (QED) is 0.745. The van der Waals surface area contributed by atoms with Crippen molar-refractivity contribution >= 4 is 17.5 Å². The molecule has 0 aliphatic carbocycles. The maximum atomic E-state index is 11.9. The molecule has 0 aliphatic heterocycles. The lowest BCUT2D eigenvalue weighted by Crippen LogP contribution is -2.27. The van der Waals surface area contributed by atoms with Crippen LogP contribution in [0.25, 0.3) is 11.6 Å². The van der Waals surface area contributed by atoms with E-state index in [4.69, 9.17) is 16.0 Å². The lowest BCUT2D eigenvalue weighted by molar-refractivity contribution is -0.120. The summed E-state index contributed by atoms with van der Waals surface area (Å²) in [5, 5.41) is 11.3. The monoisotopic (exact) mass is 342 g/mol. The number of pyridine rings is 1. The first kappa shape index (κ1) is 16.1. The summed E-state index contributed by atoms with van der Waals surface area (Å²) in [6.07, 6.45) is 2.41. The van der Waals surface area contributed by atoms with Crippen LogP contribution in [0.15, 0.2) is 53.1 Å². The fraction of sp³-hybridized carbons (Fsp3) is 0.176. The number of nitrogens with zero attached hydrogens (tertiary/aromatic N) is 3. The van der Waals surface area contributed by atoms with Gasteiger partial charge in [-0.15, -0.1) is 10.2 Å². The van der Waals surface area contributed by atoms with E-state index in [1.165, 1.54) is 0 Å². The van der Waals surface area contributed by atoms with Crippen LogP contribution >= 0.6 is 11.6 Å². The Morgan fingerprint density at radius 1 is 1.12 bits per heavy atom. The van der Waals surface area contributed by atoms with E-state index in [1.54, 1.807) is 18.3 Å². The zero-order valence-corrected chi connectivity index (χ0v) is 13.5. The normalized spacial score (nSPS) is 10.5. The van der Waals surface area contributed by atoms with Crippen LogP contribution in [0, 0.1) is 0 Å². The average Bonchev–Trinajstić information content (AvgIpc) is 3.06. The average molecular weight is 343 g/mol. The molecule has 2 aromatic heterocycles. The molecule has 0 aliphatic rings. The second-order valence-corrected chi connectivity index (χ2v) is 5.56. The molecule has 0 spiro atoms. The van der Waals surface area contributed by atoms with Crippen molar-refractivity contribution in [3.63, 3.8) is 0 Å². The smallest absolute Gasteiger partial charge is 0.266 e. The van der Waals surface area contributed by atoms with Crippen molar-refractivity contribution in [3.8, 4) is 11.6 Å². The lowest BCUT2D eigenvalue weighted by Gasteiger charge is -2.04. The largest absolute Gasteiger partial charge is 0.419 e. The predicted octanol–water partition coefficient (Wildman–Crippen LogP) is 2.69. The first-order valence-electron chi connectivity index (χ1n) is 7.45. The number of nitrogens with one attached hydrogen (secondary N) is 1. The molecular weight excluding hydrogens is 328 g/mol. The summed E-state index contributed by atoms with van der Waals surface area (Å²) in [5.74, 6) is 0.402. The molecule has 1 N–H and O–H groups in total. The van der Waals surface area contributed by atoms with Crippen LogP contribution < -0.4 is 5.32 Å². The summed E-state index contributed by atoms with van der Waals surface area (Å²) in [5.41, 5.74) is 1.69. The summed E-state index contributed by atoms with van der Waals surface area (Å²) in [6.45, 7) is 0.529. The minimum Gasteiger partial charge on any atom is -0.419 e. The van der Waals surface area contributed by atoms with Crippen LogP contribution in [0.1, 0.15) is 11.5 Å². The Kier molecular flexibility index (Phi) is 5.18.